The number of carbonyl (C=O) groups excluding carboxylic acids is 1. The molecule has 15 nitrogen and oxygen atoms in total. The first-order valence-electron chi connectivity index (χ1n) is 23.4. The second-order valence-electron chi connectivity index (χ2n) is 16.0. The number of benzene rings is 3. The lowest BCUT2D eigenvalue weighted by Gasteiger charge is -2.43. The first kappa shape index (κ1) is 60.8. The molecule has 0 amide bonds. The second kappa shape index (κ2) is 37.3. The smallest absolute Gasteiger partial charge is 0.313 e. The largest absolute Gasteiger partial charge is 0.420 e. The molecular formula is C49H71F5O15Si. The molecule has 70 heavy (non-hydrogen) atoms. The Bertz CT molecular complexity index is 1730. The molecule has 3 rings (SSSR count). The molecule has 0 aromatic heterocycles. The van der Waals surface area contributed by atoms with E-state index in [1.54, 1.807) is 0 Å². The number of carbonyl (C=O) groups is 1. The fourth-order valence-electron chi connectivity index (χ4n) is 6.53. The van der Waals surface area contributed by atoms with Gasteiger partial charge in [-0.15, -0.1) is 0 Å². The van der Waals surface area contributed by atoms with Gasteiger partial charge >= 0.3 is 5.97 Å². The zero-order chi connectivity index (χ0) is 50.6. The van der Waals surface area contributed by atoms with Crippen LogP contribution in [0.1, 0.15) is 27.2 Å². The predicted octanol–water partition coefficient (Wildman–Crippen LogP) is 5.45. The van der Waals surface area contributed by atoms with E-state index >= 15 is 0 Å². The normalized spacial score (nSPS) is 12.0. The van der Waals surface area contributed by atoms with Crippen LogP contribution in [0.5, 0.6) is 5.75 Å². The van der Waals surface area contributed by atoms with Crippen molar-refractivity contribution in [2.45, 2.75) is 32.2 Å². The van der Waals surface area contributed by atoms with Crippen LogP contribution in [0.4, 0.5) is 22.0 Å². The van der Waals surface area contributed by atoms with E-state index in [1.165, 1.54) is 10.4 Å². The van der Waals surface area contributed by atoms with E-state index in [2.05, 4.69) is 74.0 Å². The molecule has 0 saturated carbocycles. The van der Waals surface area contributed by atoms with Gasteiger partial charge < -0.3 is 66.0 Å². The van der Waals surface area contributed by atoms with Crippen molar-refractivity contribution >= 4 is 24.7 Å². The maximum absolute atomic E-state index is 13.6. The highest BCUT2D eigenvalue weighted by atomic mass is 28.4. The van der Waals surface area contributed by atoms with Crippen molar-refractivity contribution < 1.29 is 92.8 Å². The van der Waals surface area contributed by atoms with Gasteiger partial charge in [0.25, 0.3) is 8.32 Å². The minimum Gasteiger partial charge on any atom is -0.420 e. The van der Waals surface area contributed by atoms with E-state index in [4.69, 9.17) is 61.3 Å². The lowest BCUT2D eigenvalue weighted by atomic mass is 10.2. The molecule has 0 spiro atoms. The van der Waals surface area contributed by atoms with Gasteiger partial charge in [-0.05, 0) is 15.4 Å². The zero-order valence-corrected chi connectivity index (χ0v) is 41.7. The standard InChI is InChI=1S/C49H71F5O15Si/c1-49(2,3)70(40-10-6-4-7-11-40,41-12-8-5-9-13-41)68-39-38-67-37-36-66-35-34-65-33-32-64-31-30-63-29-28-62-27-26-61-25-24-60-23-22-59-21-20-58-19-18-57-17-16-56-15-14-42(55)69-48-46(53)44(51)43(50)45(52)47(48)54/h4-13H,14-39H2,1-3H3. The van der Waals surface area contributed by atoms with Gasteiger partial charge in [0.1, 0.15) is 0 Å². The monoisotopic (exact) mass is 1020 g/mol. The van der Waals surface area contributed by atoms with Crippen LogP contribution in [-0.4, -0.2) is 179 Å². The average molecular weight is 1020 g/mol. The average Bonchev–Trinajstić information content (AvgIpc) is 3.36. The SMILES string of the molecule is CC(C)(C)[Si](OCCOCCOCCOCCOCCOCCOCCOCCOCCOCCOCCOCCOCCC(=O)Oc1c(F)c(F)c(F)c(F)c1F)(c1ccccc1)c1ccccc1. The molecule has 0 unspecified atom stereocenters. The van der Waals surface area contributed by atoms with Crippen molar-refractivity contribution in [3.8, 4) is 5.75 Å². The summed E-state index contributed by atoms with van der Waals surface area (Å²) in [5.41, 5.74) is 0. The summed E-state index contributed by atoms with van der Waals surface area (Å²) in [4.78, 5) is 11.7. The lowest BCUT2D eigenvalue weighted by molar-refractivity contribution is -0.136. The van der Waals surface area contributed by atoms with Crippen molar-refractivity contribution in [1.82, 2.24) is 0 Å². The Labute approximate surface area is 409 Å². The minimum atomic E-state index is -2.57. The van der Waals surface area contributed by atoms with Crippen LogP contribution in [0.25, 0.3) is 0 Å². The van der Waals surface area contributed by atoms with E-state index in [9.17, 15) is 26.7 Å². The van der Waals surface area contributed by atoms with Crippen LogP contribution in [0, 0.1) is 29.1 Å². The molecule has 0 aliphatic carbocycles. The zero-order valence-electron chi connectivity index (χ0n) is 40.7. The highest BCUT2D eigenvalue weighted by molar-refractivity contribution is 6.99. The van der Waals surface area contributed by atoms with E-state index in [0.717, 1.165) is 0 Å². The third-order valence-electron chi connectivity index (χ3n) is 9.89. The number of halogens is 5. The van der Waals surface area contributed by atoms with Crippen LogP contribution in [-0.2, 0) is 66.1 Å². The summed E-state index contributed by atoms with van der Waals surface area (Å²) in [5.74, 6) is -14.2. The maximum atomic E-state index is 13.6. The topological polar surface area (TPSA) is 146 Å². The van der Waals surface area contributed by atoms with Gasteiger partial charge in [-0.1, -0.05) is 81.4 Å². The summed E-state index contributed by atoms with van der Waals surface area (Å²) in [6, 6.07) is 21.1. The molecule has 3 aromatic rings. The molecule has 0 bridgehead atoms. The third-order valence-corrected chi connectivity index (χ3v) is 14.9. The van der Waals surface area contributed by atoms with E-state index in [-0.39, 0.29) is 31.5 Å². The van der Waals surface area contributed by atoms with Gasteiger partial charge in [0.15, 0.2) is 0 Å². The first-order valence-corrected chi connectivity index (χ1v) is 25.3. The van der Waals surface area contributed by atoms with Crippen molar-refractivity contribution in [2.75, 3.05) is 165 Å². The van der Waals surface area contributed by atoms with Crippen LogP contribution in [0.3, 0.4) is 0 Å². The minimum absolute atomic E-state index is 0.0750. The highest BCUT2D eigenvalue weighted by Gasteiger charge is 2.50. The Morgan fingerprint density at radius 1 is 0.371 bits per heavy atom. The van der Waals surface area contributed by atoms with Crippen molar-refractivity contribution in [1.29, 1.82) is 0 Å². The Morgan fingerprint density at radius 2 is 0.614 bits per heavy atom. The fraction of sp³-hybridized carbons (Fsp3) is 0.612. The Hall–Kier alpha value is -3.52. The van der Waals surface area contributed by atoms with Crippen LogP contribution in [0.2, 0.25) is 5.04 Å². The van der Waals surface area contributed by atoms with Crippen molar-refractivity contribution in [3.63, 3.8) is 0 Å². The summed E-state index contributed by atoms with van der Waals surface area (Å²) < 4.78 is 144. The molecule has 21 heteroatoms. The lowest BCUT2D eigenvalue weighted by Crippen LogP contribution is -2.66. The van der Waals surface area contributed by atoms with Crippen molar-refractivity contribution in [3.05, 3.63) is 89.7 Å². The van der Waals surface area contributed by atoms with E-state index < -0.39 is 55.5 Å². The molecular weight excluding hydrogens is 952 g/mol. The molecule has 0 atom stereocenters. The summed E-state index contributed by atoms with van der Waals surface area (Å²) in [6.45, 7) is 16.2. The molecule has 0 saturated heterocycles. The predicted molar refractivity (Wildman–Crippen MR) is 250 cm³/mol. The van der Waals surface area contributed by atoms with Gasteiger partial charge in [-0.3, -0.25) is 4.79 Å². The van der Waals surface area contributed by atoms with Crippen molar-refractivity contribution in [2.24, 2.45) is 0 Å². The third kappa shape index (κ3) is 23.8. The van der Waals surface area contributed by atoms with E-state index in [0.29, 0.717) is 139 Å². The number of rotatable bonds is 43. The summed E-state index contributed by atoms with van der Waals surface area (Å²) in [5, 5.41) is 2.42. The summed E-state index contributed by atoms with van der Waals surface area (Å²) in [7, 11) is -2.57. The number of hydrogen-bond donors (Lipinski definition) is 0. The molecule has 0 fully saturated rings. The van der Waals surface area contributed by atoms with Gasteiger partial charge in [-0.25, -0.2) is 13.2 Å². The van der Waals surface area contributed by atoms with E-state index in [1.807, 2.05) is 12.1 Å². The highest BCUT2D eigenvalue weighted by Crippen LogP contribution is 2.36. The van der Waals surface area contributed by atoms with Gasteiger partial charge in [0.2, 0.25) is 34.8 Å². The van der Waals surface area contributed by atoms with Crippen LogP contribution < -0.4 is 15.1 Å². The molecule has 0 aliphatic rings. The van der Waals surface area contributed by atoms with Crippen LogP contribution in [0.15, 0.2) is 60.7 Å². The Kier molecular flexibility index (Phi) is 32.3. The van der Waals surface area contributed by atoms with Gasteiger partial charge in [0, 0.05) is 0 Å². The molecule has 0 aliphatic heterocycles. The molecule has 396 valence electrons. The fourth-order valence-corrected chi connectivity index (χ4v) is 11.1. The number of esters is 1. The first-order chi connectivity index (χ1) is 34.0. The summed E-state index contributed by atoms with van der Waals surface area (Å²) in [6.07, 6.45) is -0.492. The van der Waals surface area contributed by atoms with Gasteiger partial charge in [-0.2, -0.15) is 8.78 Å². The number of ether oxygens (including phenoxy) is 13. The Morgan fingerprint density at radius 3 is 0.886 bits per heavy atom. The second-order valence-corrected chi connectivity index (χ2v) is 20.3. The van der Waals surface area contributed by atoms with Gasteiger partial charge in [0.05, 0.1) is 172 Å². The number of hydrogen-bond acceptors (Lipinski definition) is 15. The quantitative estimate of drug-likeness (QED) is 0.0135. The molecule has 0 radical (unpaired) electrons. The molecule has 3 aromatic carbocycles. The Balaban J connectivity index is 0.968. The molecule has 0 N–H and O–H groups in total. The molecule has 0 heterocycles. The maximum Gasteiger partial charge on any atom is 0.313 e. The summed E-state index contributed by atoms with van der Waals surface area (Å²) >= 11 is 0. The van der Waals surface area contributed by atoms with Crippen LogP contribution >= 0.6 is 0 Å².